The van der Waals surface area contributed by atoms with Gasteiger partial charge in [-0.1, -0.05) is 56.3 Å². The maximum Gasteiger partial charge on any atom is 0.211 e. The van der Waals surface area contributed by atoms with Crippen LogP contribution < -0.4 is 16.4 Å². The molecule has 5 N–H and O–H groups in total. The average molecular weight is 393 g/mol. The normalized spacial score (nSPS) is 15.1. The van der Waals surface area contributed by atoms with Crippen LogP contribution in [0, 0.1) is 10.8 Å². The number of amides is 1. The molecule has 5 nitrogen and oxygen atoms in total. The third-order valence-electron chi connectivity index (χ3n) is 5.01. The van der Waals surface area contributed by atoms with Gasteiger partial charge in [0, 0.05) is 23.5 Å². The summed E-state index contributed by atoms with van der Waals surface area (Å²) in [5, 5.41) is 14.0. The summed E-state index contributed by atoms with van der Waals surface area (Å²) in [5.41, 5.74) is 11.4. The van der Waals surface area contributed by atoms with Gasteiger partial charge in [0.05, 0.1) is 5.71 Å². The van der Waals surface area contributed by atoms with Crippen LogP contribution in [-0.4, -0.2) is 19.2 Å². The lowest BCUT2D eigenvalue weighted by atomic mass is 9.75. The Morgan fingerprint density at radius 3 is 2.52 bits per heavy atom. The largest absolute Gasteiger partial charge is 0.402 e. The standard InChI is InChI=1S/C16H21N3O.C8H11N/c1-16(2)7-6-13(14(17)9-16)15(18)11-4-3-5-12(8-11)19-10-20;1-9-7-8-5-3-2-4-6-8/h3-5,8,10,18H,6-7,9,17H2,1-2H3,(H,19,20);2-6,9H,7H2,1H3. The van der Waals surface area contributed by atoms with Gasteiger partial charge in [-0.05, 0) is 55.0 Å². The van der Waals surface area contributed by atoms with Crippen LogP contribution in [0.2, 0.25) is 0 Å². The van der Waals surface area contributed by atoms with E-state index in [-0.39, 0.29) is 5.41 Å². The molecule has 0 bridgehead atoms. The number of nitrogens with one attached hydrogen (secondary N) is 3. The summed E-state index contributed by atoms with van der Waals surface area (Å²) in [7, 11) is 1.95. The van der Waals surface area contributed by atoms with Crippen molar-refractivity contribution in [3.05, 3.63) is 77.0 Å². The Kier molecular flexibility index (Phi) is 8.16. The Morgan fingerprint density at radius 1 is 1.17 bits per heavy atom. The van der Waals surface area contributed by atoms with Gasteiger partial charge < -0.3 is 16.4 Å². The van der Waals surface area contributed by atoms with Crippen molar-refractivity contribution < 1.29 is 4.79 Å². The third-order valence-corrected chi connectivity index (χ3v) is 5.01. The second-order valence-corrected chi connectivity index (χ2v) is 8.08. The molecular weight excluding hydrogens is 360 g/mol. The van der Waals surface area contributed by atoms with Crippen molar-refractivity contribution in [1.82, 2.24) is 5.32 Å². The average Bonchev–Trinajstić information content (AvgIpc) is 2.69. The molecule has 1 aliphatic carbocycles. The Labute approximate surface area is 173 Å². The van der Waals surface area contributed by atoms with Crippen molar-refractivity contribution in [2.45, 2.75) is 39.7 Å². The van der Waals surface area contributed by atoms with Crippen LogP contribution in [0.1, 0.15) is 44.2 Å². The number of allylic oxidation sites excluding steroid dienone is 2. The Bertz CT molecular complexity index is 856. The predicted molar refractivity (Wildman–Crippen MR) is 121 cm³/mol. The molecule has 1 aliphatic rings. The van der Waals surface area contributed by atoms with Gasteiger partial charge in [-0.15, -0.1) is 0 Å². The zero-order valence-electron chi connectivity index (χ0n) is 17.6. The van der Waals surface area contributed by atoms with Gasteiger partial charge in [0.2, 0.25) is 6.41 Å². The summed E-state index contributed by atoms with van der Waals surface area (Å²) >= 11 is 0. The van der Waals surface area contributed by atoms with Gasteiger partial charge in [0.1, 0.15) is 0 Å². The zero-order valence-corrected chi connectivity index (χ0v) is 17.6. The van der Waals surface area contributed by atoms with Crippen molar-refractivity contribution in [2.75, 3.05) is 12.4 Å². The Morgan fingerprint density at radius 2 is 1.90 bits per heavy atom. The molecule has 2 aromatic carbocycles. The van der Waals surface area contributed by atoms with E-state index in [1.54, 1.807) is 12.1 Å². The van der Waals surface area contributed by atoms with Gasteiger partial charge in [-0.3, -0.25) is 10.2 Å². The molecular formula is C24H32N4O. The van der Waals surface area contributed by atoms with E-state index in [0.29, 0.717) is 17.8 Å². The highest BCUT2D eigenvalue weighted by molar-refractivity contribution is 6.11. The van der Waals surface area contributed by atoms with E-state index in [4.69, 9.17) is 11.1 Å². The fourth-order valence-corrected chi connectivity index (χ4v) is 3.43. The number of hydrogen-bond acceptors (Lipinski definition) is 4. The van der Waals surface area contributed by atoms with Crippen LogP contribution in [0.25, 0.3) is 0 Å². The Balaban J connectivity index is 0.000000278. The number of nitrogens with two attached hydrogens (primary N) is 1. The molecule has 1 amide bonds. The van der Waals surface area contributed by atoms with E-state index in [2.05, 4.69) is 36.6 Å². The zero-order chi connectivity index (χ0) is 21.3. The molecule has 0 atom stereocenters. The first-order valence-electron chi connectivity index (χ1n) is 9.92. The first kappa shape index (κ1) is 22.4. The topological polar surface area (TPSA) is 91.0 Å². The molecule has 0 saturated heterocycles. The van der Waals surface area contributed by atoms with Crippen molar-refractivity contribution in [3.8, 4) is 0 Å². The first-order chi connectivity index (χ1) is 13.9. The highest BCUT2D eigenvalue weighted by Gasteiger charge is 2.27. The monoisotopic (exact) mass is 392 g/mol. The summed E-state index contributed by atoms with van der Waals surface area (Å²) in [6.07, 6.45) is 3.34. The predicted octanol–water partition coefficient (Wildman–Crippen LogP) is 4.45. The second-order valence-electron chi connectivity index (χ2n) is 8.08. The number of benzene rings is 2. The molecule has 5 heteroatoms. The lowest BCUT2D eigenvalue weighted by molar-refractivity contribution is -0.105. The van der Waals surface area contributed by atoms with E-state index in [1.807, 2.05) is 37.4 Å². The van der Waals surface area contributed by atoms with Crippen LogP contribution in [0.3, 0.4) is 0 Å². The maximum absolute atomic E-state index is 10.5. The maximum atomic E-state index is 10.5. The molecule has 0 saturated carbocycles. The molecule has 0 radical (unpaired) electrons. The van der Waals surface area contributed by atoms with Crippen LogP contribution in [0.5, 0.6) is 0 Å². The van der Waals surface area contributed by atoms with E-state index in [9.17, 15) is 4.79 Å². The van der Waals surface area contributed by atoms with Gasteiger partial charge in [-0.2, -0.15) is 0 Å². The van der Waals surface area contributed by atoms with E-state index >= 15 is 0 Å². The van der Waals surface area contributed by atoms with Crippen LogP contribution >= 0.6 is 0 Å². The molecule has 0 spiro atoms. The summed E-state index contributed by atoms with van der Waals surface area (Å²) in [5.74, 6) is 0. The van der Waals surface area contributed by atoms with Gasteiger partial charge in [0.25, 0.3) is 0 Å². The molecule has 0 aliphatic heterocycles. The SMILES string of the molecule is CC1(C)CCC(C(=N)c2cccc(NC=O)c2)=C(N)C1.CNCc1ccccc1. The lowest BCUT2D eigenvalue weighted by Crippen LogP contribution is -2.25. The van der Waals surface area contributed by atoms with Crippen molar-refractivity contribution in [3.63, 3.8) is 0 Å². The molecule has 29 heavy (non-hydrogen) atoms. The fourth-order valence-electron chi connectivity index (χ4n) is 3.43. The molecule has 154 valence electrons. The van der Waals surface area contributed by atoms with E-state index in [0.717, 1.165) is 42.6 Å². The van der Waals surface area contributed by atoms with Crippen molar-refractivity contribution >= 4 is 17.8 Å². The second kappa shape index (κ2) is 10.6. The lowest BCUT2D eigenvalue weighted by Gasteiger charge is -2.31. The van der Waals surface area contributed by atoms with Crippen LogP contribution in [0.15, 0.2) is 65.9 Å². The number of rotatable bonds is 6. The summed E-state index contributed by atoms with van der Waals surface area (Å²) < 4.78 is 0. The molecule has 3 rings (SSSR count). The number of carbonyl (C=O) groups is 1. The molecule has 0 heterocycles. The van der Waals surface area contributed by atoms with Crippen LogP contribution in [-0.2, 0) is 11.3 Å². The van der Waals surface area contributed by atoms with Gasteiger partial charge in [0.15, 0.2) is 0 Å². The highest BCUT2D eigenvalue weighted by Crippen LogP contribution is 2.37. The fraction of sp³-hybridized carbons (Fsp3) is 0.333. The minimum atomic E-state index is 0.217. The third kappa shape index (κ3) is 6.88. The smallest absolute Gasteiger partial charge is 0.211 e. The number of carbonyl (C=O) groups excluding carboxylic acids is 1. The molecule has 0 fully saturated rings. The molecule has 0 unspecified atom stereocenters. The number of anilines is 1. The Hall–Kier alpha value is -2.92. The van der Waals surface area contributed by atoms with Gasteiger partial charge >= 0.3 is 0 Å². The first-order valence-corrected chi connectivity index (χ1v) is 9.92. The minimum Gasteiger partial charge on any atom is -0.402 e. The van der Waals surface area contributed by atoms with Crippen molar-refractivity contribution in [2.24, 2.45) is 11.1 Å². The number of hydrogen-bond donors (Lipinski definition) is 4. The molecule has 2 aromatic rings. The highest BCUT2D eigenvalue weighted by atomic mass is 16.1. The minimum absolute atomic E-state index is 0.217. The van der Waals surface area contributed by atoms with E-state index in [1.165, 1.54) is 5.56 Å². The summed E-state index contributed by atoms with van der Waals surface area (Å²) in [6.45, 7) is 5.37. The quantitative estimate of drug-likeness (QED) is 0.432. The summed E-state index contributed by atoms with van der Waals surface area (Å²) in [4.78, 5) is 10.5. The van der Waals surface area contributed by atoms with Crippen LogP contribution in [0.4, 0.5) is 5.69 Å². The summed E-state index contributed by atoms with van der Waals surface area (Å²) in [6, 6.07) is 17.6. The van der Waals surface area contributed by atoms with Gasteiger partial charge in [-0.25, -0.2) is 0 Å². The van der Waals surface area contributed by atoms with Crippen molar-refractivity contribution in [1.29, 1.82) is 5.41 Å². The molecule has 0 aromatic heterocycles. The van der Waals surface area contributed by atoms with E-state index < -0.39 is 0 Å².